The van der Waals surface area contributed by atoms with Gasteiger partial charge in [0.05, 0.1) is 0 Å². The summed E-state index contributed by atoms with van der Waals surface area (Å²) in [6.45, 7) is 0. The number of ether oxygens (including phenoxy) is 2. The first kappa shape index (κ1) is 14.5. The van der Waals surface area contributed by atoms with Gasteiger partial charge in [0.1, 0.15) is 11.5 Å². The Morgan fingerprint density at radius 2 is 1.65 bits per heavy atom. The van der Waals surface area contributed by atoms with Crippen molar-refractivity contribution >= 4 is 11.6 Å². The molecular weight excluding hydrogens is 295 g/mol. The average molecular weight is 304 g/mol. The molecule has 0 bridgehead atoms. The first-order valence-electron chi connectivity index (χ1n) is 5.51. The summed E-state index contributed by atoms with van der Waals surface area (Å²) in [5.41, 5.74) is 0.841. The minimum absolute atomic E-state index is 0.310. The molecule has 0 aliphatic heterocycles. The molecule has 0 amide bonds. The quantitative estimate of drug-likeness (QED) is 0.779. The van der Waals surface area contributed by atoms with Crippen molar-refractivity contribution in [2.75, 3.05) is 0 Å². The maximum atomic E-state index is 12.0. The van der Waals surface area contributed by atoms with E-state index in [-0.39, 0.29) is 5.75 Å². The van der Waals surface area contributed by atoms with Gasteiger partial charge < -0.3 is 9.47 Å². The minimum Gasteiger partial charge on any atom is -0.439 e. The van der Waals surface area contributed by atoms with Crippen LogP contribution in [0.1, 0.15) is 5.56 Å². The van der Waals surface area contributed by atoms with Crippen LogP contribution in [-0.2, 0) is 5.88 Å². The largest absolute Gasteiger partial charge is 0.573 e. The minimum atomic E-state index is -4.71. The summed E-state index contributed by atoms with van der Waals surface area (Å²) in [7, 11) is 0. The molecule has 0 saturated heterocycles. The van der Waals surface area contributed by atoms with Gasteiger partial charge in [0, 0.05) is 18.1 Å². The first-order chi connectivity index (χ1) is 9.46. The zero-order valence-electron chi connectivity index (χ0n) is 10.0. The molecule has 106 valence electrons. The predicted octanol–water partition coefficient (Wildman–Crippen LogP) is 4.51. The van der Waals surface area contributed by atoms with Gasteiger partial charge in [0.25, 0.3) is 0 Å². The zero-order valence-corrected chi connectivity index (χ0v) is 10.8. The highest BCUT2D eigenvalue weighted by molar-refractivity contribution is 6.17. The highest BCUT2D eigenvalue weighted by atomic mass is 35.5. The van der Waals surface area contributed by atoms with Gasteiger partial charge in [-0.3, -0.25) is 0 Å². The van der Waals surface area contributed by atoms with Crippen LogP contribution in [0.15, 0.2) is 42.6 Å². The van der Waals surface area contributed by atoms with Crippen LogP contribution in [0.5, 0.6) is 17.4 Å². The molecule has 0 N–H and O–H groups in total. The smallest absolute Gasteiger partial charge is 0.439 e. The lowest BCUT2D eigenvalue weighted by Gasteiger charge is -2.09. The van der Waals surface area contributed by atoms with E-state index in [9.17, 15) is 13.2 Å². The van der Waals surface area contributed by atoms with Gasteiger partial charge in [-0.15, -0.1) is 24.8 Å². The van der Waals surface area contributed by atoms with Gasteiger partial charge >= 0.3 is 6.36 Å². The first-order valence-corrected chi connectivity index (χ1v) is 6.04. The summed E-state index contributed by atoms with van der Waals surface area (Å²) >= 11 is 5.62. The van der Waals surface area contributed by atoms with Gasteiger partial charge in [-0.05, 0) is 29.8 Å². The molecule has 1 heterocycles. The van der Waals surface area contributed by atoms with Crippen molar-refractivity contribution in [1.82, 2.24) is 4.98 Å². The molecule has 1 aromatic heterocycles. The molecule has 2 rings (SSSR count). The van der Waals surface area contributed by atoms with E-state index in [4.69, 9.17) is 16.3 Å². The molecule has 0 unspecified atom stereocenters. The monoisotopic (exact) mass is 303 g/mol. The average Bonchev–Trinajstić information content (AvgIpc) is 2.40. The second-order valence-electron chi connectivity index (χ2n) is 3.76. The Kier molecular flexibility index (Phi) is 4.34. The fourth-order valence-electron chi connectivity index (χ4n) is 1.38. The molecule has 2 aromatic rings. The third-order valence-electron chi connectivity index (χ3n) is 2.23. The summed E-state index contributed by atoms with van der Waals surface area (Å²) in [5.74, 6) is 0.709. The number of benzene rings is 1. The molecule has 0 atom stereocenters. The Balaban J connectivity index is 2.02. The maximum absolute atomic E-state index is 12.0. The Morgan fingerprint density at radius 1 is 1.00 bits per heavy atom. The molecule has 3 nitrogen and oxygen atoms in total. The predicted molar refractivity (Wildman–Crippen MR) is 67.0 cm³/mol. The summed E-state index contributed by atoms with van der Waals surface area (Å²) in [6.07, 6.45) is -3.15. The highest BCUT2D eigenvalue weighted by Gasteiger charge is 2.30. The zero-order chi connectivity index (χ0) is 14.6. The van der Waals surface area contributed by atoms with Crippen LogP contribution in [0.3, 0.4) is 0 Å². The molecule has 20 heavy (non-hydrogen) atoms. The Bertz CT molecular complexity index is 555. The van der Waals surface area contributed by atoms with E-state index in [1.165, 1.54) is 12.1 Å². The molecule has 0 aliphatic rings. The summed E-state index contributed by atoms with van der Waals surface area (Å²) < 4.78 is 45.1. The number of hydrogen-bond acceptors (Lipinski definition) is 3. The van der Waals surface area contributed by atoms with Crippen LogP contribution < -0.4 is 9.47 Å². The number of nitrogens with zero attached hydrogens (tertiary/aromatic N) is 1. The van der Waals surface area contributed by atoms with Crippen LogP contribution in [0.2, 0.25) is 0 Å². The fourth-order valence-corrected chi connectivity index (χ4v) is 1.54. The van der Waals surface area contributed by atoms with Crippen molar-refractivity contribution in [2.24, 2.45) is 0 Å². The van der Waals surface area contributed by atoms with E-state index >= 15 is 0 Å². The molecular formula is C13H9ClF3NO2. The fraction of sp³-hybridized carbons (Fsp3) is 0.154. The Labute approximate surface area is 117 Å². The lowest BCUT2D eigenvalue weighted by atomic mass is 10.3. The lowest BCUT2D eigenvalue weighted by molar-refractivity contribution is -0.274. The van der Waals surface area contributed by atoms with Crippen molar-refractivity contribution in [3.63, 3.8) is 0 Å². The summed E-state index contributed by atoms with van der Waals surface area (Å²) in [4.78, 5) is 4.01. The number of alkyl halides is 4. The van der Waals surface area contributed by atoms with E-state index in [2.05, 4.69) is 9.72 Å². The molecule has 1 aromatic carbocycles. The molecule has 0 radical (unpaired) electrons. The van der Waals surface area contributed by atoms with Crippen molar-refractivity contribution in [1.29, 1.82) is 0 Å². The van der Waals surface area contributed by atoms with Gasteiger partial charge in [0.15, 0.2) is 0 Å². The molecule has 0 saturated carbocycles. The number of pyridine rings is 1. The summed E-state index contributed by atoms with van der Waals surface area (Å²) in [6, 6.07) is 8.41. The molecule has 0 aliphatic carbocycles. The number of aromatic nitrogens is 1. The van der Waals surface area contributed by atoms with Crippen LogP contribution in [-0.4, -0.2) is 11.3 Å². The third-order valence-corrected chi connectivity index (χ3v) is 2.54. The Morgan fingerprint density at radius 3 is 2.15 bits per heavy atom. The van der Waals surface area contributed by atoms with Crippen LogP contribution in [0, 0.1) is 0 Å². The molecule has 0 fully saturated rings. The topological polar surface area (TPSA) is 31.4 Å². The van der Waals surface area contributed by atoms with Gasteiger partial charge in [0.2, 0.25) is 5.88 Å². The molecule has 0 spiro atoms. The standard InChI is InChI=1S/C13H9ClF3NO2/c14-7-9-1-6-12(18-8-9)19-10-2-4-11(5-3-10)20-13(15,16)17/h1-6,8H,7H2. The van der Waals surface area contributed by atoms with E-state index in [0.717, 1.165) is 17.7 Å². The van der Waals surface area contributed by atoms with Gasteiger partial charge in [-0.25, -0.2) is 4.98 Å². The number of hydrogen-bond donors (Lipinski definition) is 0. The maximum Gasteiger partial charge on any atom is 0.573 e. The van der Waals surface area contributed by atoms with Crippen LogP contribution in [0.4, 0.5) is 13.2 Å². The van der Waals surface area contributed by atoms with E-state index < -0.39 is 6.36 Å². The van der Waals surface area contributed by atoms with Gasteiger partial charge in [-0.1, -0.05) is 6.07 Å². The SMILES string of the molecule is FC(F)(F)Oc1ccc(Oc2ccc(CCl)cn2)cc1. The molecule has 7 heteroatoms. The normalized spacial score (nSPS) is 11.2. The Hall–Kier alpha value is -1.95. The van der Waals surface area contributed by atoms with E-state index in [0.29, 0.717) is 17.5 Å². The van der Waals surface area contributed by atoms with E-state index in [1.807, 2.05) is 0 Å². The van der Waals surface area contributed by atoms with Crippen molar-refractivity contribution < 1.29 is 22.6 Å². The van der Waals surface area contributed by atoms with Gasteiger partial charge in [-0.2, -0.15) is 0 Å². The third kappa shape index (κ3) is 4.31. The van der Waals surface area contributed by atoms with Crippen molar-refractivity contribution in [3.05, 3.63) is 48.2 Å². The highest BCUT2D eigenvalue weighted by Crippen LogP contribution is 2.26. The van der Waals surface area contributed by atoms with E-state index in [1.54, 1.807) is 18.3 Å². The number of halogens is 4. The number of rotatable bonds is 4. The lowest BCUT2D eigenvalue weighted by Crippen LogP contribution is -2.16. The van der Waals surface area contributed by atoms with Crippen LogP contribution >= 0.6 is 11.6 Å². The van der Waals surface area contributed by atoms with Crippen molar-refractivity contribution in [3.8, 4) is 17.4 Å². The van der Waals surface area contributed by atoms with Crippen LogP contribution in [0.25, 0.3) is 0 Å². The summed E-state index contributed by atoms with van der Waals surface area (Å²) in [5, 5.41) is 0. The van der Waals surface area contributed by atoms with Crippen molar-refractivity contribution in [2.45, 2.75) is 12.2 Å². The second-order valence-corrected chi connectivity index (χ2v) is 4.03. The second kappa shape index (κ2) is 6.00.